The molecular formula is C13H19IN2O. The molecule has 1 atom stereocenters. The summed E-state index contributed by atoms with van der Waals surface area (Å²) in [6.45, 7) is 7.42. The maximum atomic E-state index is 12.1. The molecule has 0 aliphatic rings. The number of hydrogen-bond acceptors (Lipinski definition) is 2. The Kier molecular flexibility index (Phi) is 5.74. The first kappa shape index (κ1) is 14.3. The summed E-state index contributed by atoms with van der Waals surface area (Å²) in [5.41, 5.74) is 1.01. The third kappa shape index (κ3) is 3.87. The first-order chi connectivity index (χ1) is 8.10. The van der Waals surface area contributed by atoms with Crippen LogP contribution >= 0.6 is 22.6 Å². The fourth-order valence-electron chi connectivity index (χ4n) is 1.68. The van der Waals surface area contributed by atoms with Gasteiger partial charge in [-0.25, -0.2) is 0 Å². The number of amides is 1. The number of nitrogens with zero attached hydrogens (tertiary/aromatic N) is 1. The summed E-state index contributed by atoms with van der Waals surface area (Å²) in [5.74, 6) is 0.148. The number of rotatable bonds is 5. The van der Waals surface area contributed by atoms with E-state index >= 15 is 0 Å². The summed E-state index contributed by atoms with van der Waals surface area (Å²) in [7, 11) is 0. The van der Waals surface area contributed by atoms with Crippen LogP contribution in [0.1, 0.15) is 20.8 Å². The molecule has 0 heterocycles. The van der Waals surface area contributed by atoms with Crippen molar-refractivity contribution >= 4 is 34.2 Å². The van der Waals surface area contributed by atoms with E-state index in [1.807, 2.05) is 49.9 Å². The van der Waals surface area contributed by atoms with Crippen molar-refractivity contribution in [2.24, 2.45) is 0 Å². The van der Waals surface area contributed by atoms with Crippen molar-refractivity contribution in [3.8, 4) is 0 Å². The Hall–Kier alpha value is -0.780. The number of nitrogens with one attached hydrogen (secondary N) is 1. The van der Waals surface area contributed by atoms with Gasteiger partial charge in [-0.15, -0.1) is 0 Å². The van der Waals surface area contributed by atoms with E-state index in [1.54, 1.807) is 0 Å². The zero-order valence-corrected chi connectivity index (χ0v) is 12.7. The Morgan fingerprint density at radius 2 is 1.94 bits per heavy atom. The van der Waals surface area contributed by atoms with Gasteiger partial charge < -0.3 is 10.2 Å². The summed E-state index contributed by atoms with van der Waals surface area (Å²) < 4.78 is 1.13. The van der Waals surface area contributed by atoms with Crippen molar-refractivity contribution in [2.45, 2.75) is 26.8 Å². The van der Waals surface area contributed by atoms with E-state index in [0.29, 0.717) is 0 Å². The van der Waals surface area contributed by atoms with Crippen LogP contribution in [0.4, 0.5) is 5.69 Å². The molecule has 3 nitrogen and oxygen atoms in total. The highest BCUT2D eigenvalue weighted by Gasteiger charge is 2.18. The average Bonchev–Trinajstić information content (AvgIpc) is 2.33. The van der Waals surface area contributed by atoms with Gasteiger partial charge in [0.05, 0.1) is 0 Å². The van der Waals surface area contributed by atoms with E-state index in [-0.39, 0.29) is 11.9 Å². The first-order valence-electron chi connectivity index (χ1n) is 5.90. The number of para-hydroxylation sites is 1. The fourth-order valence-corrected chi connectivity index (χ4v) is 2.23. The van der Waals surface area contributed by atoms with Gasteiger partial charge in [0, 0.05) is 22.3 Å². The van der Waals surface area contributed by atoms with E-state index in [4.69, 9.17) is 0 Å². The van der Waals surface area contributed by atoms with Crippen LogP contribution in [0.2, 0.25) is 0 Å². The first-order valence-corrected chi connectivity index (χ1v) is 6.97. The van der Waals surface area contributed by atoms with Gasteiger partial charge in [-0.3, -0.25) is 4.79 Å². The third-order valence-electron chi connectivity index (χ3n) is 2.69. The number of likely N-dealkylation sites (N-methyl/N-ethyl adjacent to an activating group) is 1. The summed E-state index contributed by atoms with van der Waals surface area (Å²) in [6.07, 6.45) is 0. The molecule has 1 amide bonds. The predicted molar refractivity (Wildman–Crippen MR) is 80.2 cm³/mol. The smallest absolute Gasteiger partial charge is 0.244 e. The molecule has 1 rings (SSSR count). The Morgan fingerprint density at radius 1 is 1.35 bits per heavy atom. The van der Waals surface area contributed by atoms with Crippen molar-refractivity contribution < 1.29 is 4.79 Å². The van der Waals surface area contributed by atoms with Gasteiger partial charge in [-0.2, -0.15) is 0 Å². The molecule has 1 aromatic rings. The lowest BCUT2D eigenvalue weighted by molar-refractivity contribution is -0.131. The van der Waals surface area contributed by atoms with Gasteiger partial charge in [-0.05, 0) is 55.5 Å². The molecular weight excluding hydrogens is 327 g/mol. The third-order valence-corrected chi connectivity index (χ3v) is 3.63. The number of carbonyl (C=O) groups is 1. The molecule has 0 bridgehead atoms. The summed E-state index contributed by atoms with van der Waals surface area (Å²) >= 11 is 2.27. The maximum absolute atomic E-state index is 12.1. The molecule has 0 aliphatic carbocycles. The Morgan fingerprint density at radius 3 is 2.47 bits per heavy atom. The number of hydrogen-bond donors (Lipinski definition) is 1. The van der Waals surface area contributed by atoms with Gasteiger partial charge in [0.2, 0.25) is 5.91 Å². The molecule has 0 aliphatic heterocycles. The van der Waals surface area contributed by atoms with Gasteiger partial charge in [0.1, 0.15) is 6.04 Å². The molecule has 0 saturated carbocycles. The second-order valence-corrected chi connectivity index (χ2v) is 5.02. The zero-order valence-electron chi connectivity index (χ0n) is 10.5. The molecule has 0 radical (unpaired) electrons. The van der Waals surface area contributed by atoms with Gasteiger partial charge in [-0.1, -0.05) is 12.1 Å². The lowest BCUT2D eigenvalue weighted by Gasteiger charge is -2.24. The van der Waals surface area contributed by atoms with Crippen LogP contribution in [-0.4, -0.2) is 29.9 Å². The molecule has 1 unspecified atom stereocenters. The fraction of sp³-hybridized carbons (Fsp3) is 0.462. The minimum absolute atomic E-state index is 0.148. The van der Waals surface area contributed by atoms with Crippen LogP contribution in [-0.2, 0) is 4.79 Å². The number of carbonyl (C=O) groups excluding carboxylic acids is 1. The quantitative estimate of drug-likeness (QED) is 0.832. The second kappa shape index (κ2) is 6.83. The van der Waals surface area contributed by atoms with Crippen molar-refractivity contribution in [1.29, 1.82) is 0 Å². The lowest BCUT2D eigenvalue weighted by atomic mass is 10.2. The van der Waals surface area contributed by atoms with E-state index < -0.39 is 0 Å². The van der Waals surface area contributed by atoms with Crippen LogP contribution in [0.3, 0.4) is 0 Å². The van der Waals surface area contributed by atoms with Gasteiger partial charge in [0.15, 0.2) is 0 Å². The molecule has 0 aromatic heterocycles. The predicted octanol–water partition coefficient (Wildman–Crippen LogP) is 2.96. The molecule has 0 saturated heterocycles. The van der Waals surface area contributed by atoms with Crippen molar-refractivity contribution in [3.63, 3.8) is 0 Å². The molecule has 17 heavy (non-hydrogen) atoms. The molecule has 94 valence electrons. The normalized spacial score (nSPS) is 12.0. The lowest BCUT2D eigenvalue weighted by Crippen LogP contribution is -2.41. The highest BCUT2D eigenvalue weighted by molar-refractivity contribution is 14.1. The SMILES string of the molecule is CCN(CC)C(=O)C(C)Nc1ccccc1I. The Labute approximate surface area is 117 Å². The minimum Gasteiger partial charge on any atom is -0.373 e. The van der Waals surface area contributed by atoms with Crippen LogP contribution in [0.15, 0.2) is 24.3 Å². The van der Waals surface area contributed by atoms with Gasteiger partial charge >= 0.3 is 0 Å². The summed E-state index contributed by atoms with van der Waals surface area (Å²) in [5, 5.41) is 3.26. The van der Waals surface area contributed by atoms with Crippen molar-refractivity contribution in [3.05, 3.63) is 27.8 Å². The minimum atomic E-state index is -0.189. The van der Waals surface area contributed by atoms with E-state index in [2.05, 4.69) is 27.9 Å². The van der Waals surface area contributed by atoms with Crippen LogP contribution in [0, 0.1) is 3.57 Å². The summed E-state index contributed by atoms with van der Waals surface area (Å²) in [4.78, 5) is 13.9. The average molecular weight is 346 g/mol. The zero-order chi connectivity index (χ0) is 12.8. The standard InChI is InChI=1S/C13H19IN2O/c1-4-16(5-2)13(17)10(3)15-12-9-7-6-8-11(12)14/h6-10,15H,4-5H2,1-3H3. The van der Waals surface area contributed by atoms with Crippen LogP contribution < -0.4 is 5.32 Å². The van der Waals surface area contributed by atoms with E-state index in [9.17, 15) is 4.79 Å². The number of benzene rings is 1. The van der Waals surface area contributed by atoms with E-state index in [0.717, 1.165) is 22.3 Å². The van der Waals surface area contributed by atoms with Gasteiger partial charge in [0.25, 0.3) is 0 Å². The summed E-state index contributed by atoms with van der Waals surface area (Å²) in [6, 6.07) is 7.79. The highest BCUT2D eigenvalue weighted by atomic mass is 127. The molecule has 0 fully saturated rings. The molecule has 4 heteroatoms. The highest BCUT2D eigenvalue weighted by Crippen LogP contribution is 2.18. The molecule has 0 spiro atoms. The second-order valence-electron chi connectivity index (χ2n) is 3.86. The topological polar surface area (TPSA) is 32.3 Å². The number of anilines is 1. The Bertz CT molecular complexity index is 377. The van der Waals surface area contributed by atoms with Crippen LogP contribution in [0.25, 0.3) is 0 Å². The maximum Gasteiger partial charge on any atom is 0.244 e. The Balaban J connectivity index is 2.69. The van der Waals surface area contributed by atoms with Crippen molar-refractivity contribution in [2.75, 3.05) is 18.4 Å². The molecule has 1 N–H and O–H groups in total. The monoisotopic (exact) mass is 346 g/mol. The van der Waals surface area contributed by atoms with Crippen molar-refractivity contribution in [1.82, 2.24) is 4.90 Å². The largest absolute Gasteiger partial charge is 0.373 e. The van der Waals surface area contributed by atoms with Crippen LogP contribution in [0.5, 0.6) is 0 Å². The number of halogens is 1. The molecule has 1 aromatic carbocycles. The van der Waals surface area contributed by atoms with E-state index in [1.165, 1.54) is 0 Å².